The van der Waals surface area contributed by atoms with E-state index in [4.69, 9.17) is 17.3 Å². The summed E-state index contributed by atoms with van der Waals surface area (Å²) in [5.74, 6) is 0. The second-order valence-electron chi connectivity index (χ2n) is 3.45. The molecule has 2 nitrogen and oxygen atoms in total. The number of hydrogen-bond acceptors (Lipinski definition) is 3. The third kappa shape index (κ3) is 1.62. The molecular weight excluding hydrogens is 204 g/mol. The Bertz CT molecular complexity index is 322. The minimum absolute atomic E-state index is 0.578. The predicted octanol–water partition coefficient (Wildman–Crippen LogP) is 1.85. The first-order valence-electron chi connectivity index (χ1n) is 4.40. The average Bonchev–Trinajstić information content (AvgIpc) is 2.39. The number of nitrogens with zero attached hydrogens (tertiary/aromatic N) is 1. The molecule has 13 heavy (non-hydrogen) atoms. The van der Waals surface area contributed by atoms with Crippen LogP contribution in [0.4, 0.5) is 0 Å². The summed E-state index contributed by atoms with van der Waals surface area (Å²) in [7, 11) is 2.14. The Morgan fingerprint density at radius 1 is 1.62 bits per heavy atom. The molecule has 0 radical (unpaired) electrons. The van der Waals surface area contributed by atoms with Crippen molar-refractivity contribution >= 4 is 22.9 Å². The van der Waals surface area contributed by atoms with Gasteiger partial charge in [-0.25, -0.2) is 0 Å². The summed E-state index contributed by atoms with van der Waals surface area (Å²) >= 11 is 7.79. The van der Waals surface area contributed by atoms with Crippen LogP contribution < -0.4 is 5.73 Å². The SMILES string of the molecule is CN1CCc2c(sc(Cl)c2CN)C1. The zero-order valence-corrected chi connectivity index (χ0v) is 9.21. The highest BCUT2D eigenvalue weighted by Crippen LogP contribution is 2.35. The molecule has 1 aromatic rings. The molecule has 1 aliphatic rings. The number of halogens is 1. The molecule has 2 rings (SSSR count). The second kappa shape index (κ2) is 3.58. The van der Waals surface area contributed by atoms with E-state index in [2.05, 4.69) is 11.9 Å². The van der Waals surface area contributed by atoms with E-state index in [1.165, 1.54) is 16.0 Å². The van der Waals surface area contributed by atoms with Crippen molar-refractivity contribution in [3.05, 3.63) is 20.3 Å². The van der Waals surface area contributed by atoms with Crippen molar-refractivity contribution in [1.29, 1.82) is 0 Å². The normalized spacial score (nSPS) is 17.5. The lowest BCUT2D eigenvalue weighted by Gasteiger charge is -2.22. The van der Waals surface area contributed by atoms with Gasteiger partial charge in [-0.05, 0) is 24.6 Å². The topological polar surface area (TPSA) is 29.3 Å². The van der Waals surface area contributed by atoms with Crippen LogP contribution in [0.1, 0.15) is 16.0 Å². The number of likely N-dealkylation sites (N-methyl/N-ethyl adjacent to an activating group) is 1. The van der Waals surface area contributed by atoms with Gasteiger partial charge in [-0.1, -0.05) is 11.6 Å². The minimum Gasteiger partial charge on any atom is -0.326 e. The van der Waals surface area contributed by atoms with Crippen LogP contribution in [-0.2, 0) is 19.5 Å². The van der Waals surface area contributed by atoms with Crippen molar-refractivity contribution in [2.24, 2.45) is 5.73 Å². The van der Waals surface area contributed by atoms with Crippen molar-refractivity contribution in [2.45, 2.75) is 19.5 Å². The molecule has 0 amide bonds. The van der Waals surface area contributed by atoms with Gasteiger partial charge in [-0.3, -0.25) is 0 Å². The van der Waals surface area contributed by atoms with Crippen molar-refractivity contribution in [1.82, 2.24) is 4.90 Å². The molecule has 0 atom stereocenters. The first-order valence-corrected chi connectivity index (χ1v) is 5.59. The van der Waals surface area contributed by atoms with E-state index in [9.17, 15) is 0 Å². The molecule has 0 fully saturated rings. The van der Waals surface area contributed by atoms with Gasteiger partial charge in [0.2, 0.25) is 0 Å². The molecule has 0 spiro atoms. The fourth-order valence-corrected chi connectivity index (χ4v) is 3.42. The molecule has 0 aromatic carbocycles. The van der Waals surface area contributed by atoms with Crippen LogP contribution in [0, 0.1) is 0 Å². The standard InChI is InChI=1S/C9H13ClN2S/c1-12-3-2-6-7(4-11)9(10)13-8(6)5-12/h2-5,11H2,1H3. The molecule has 0 saturated carbocycles. The second-order valence-corrected chi connectivity index (χ2v) is 5.16. The predicted molar refractivity (Wildman–Crippen MR) is 57.3 cm³/mol. The molecule has 0 unspecified atom stereocenters. The minimum atomic E-state index is 0.578. The fraction of sp³-hybridized carbons (Fsp3) is 0.556. The smallest absolute Gasteiger partial charge is 0.0979 e. The quantitative estimate of drug-likeness (QED) is 0.777. The van der Waals surface area contributed by atoms with Gasteiger partial charge in [0.15, 0.2) is 0 Å². The molecule has 1 aromatic heterocycles. The molecular formula is C9H13ClN2S. The van der Waals surface area contributed by atoms with Crippen molar-refractivity contribution in [3.63, 3.8) is 0 Å². The van der Waals surface area contributed by atoms with Gasteiger partial charge in [0, 0.05) is 24.5 Å². The molecule has 0 bridgehead atoms. The highest BCUT2D eigenvalue weighted by atomic mass is 35.5. The van der Waals surface area contributed by atoms with Crippen LogP contribution in [0.2, 0.25) is 4.34 Å². The molecule has 72 valence electrons. The van der Waals surface area contributed by atoms with E-state index >= 15 is 0 Å². The summed E-state index contributed by atoms with van der Waals surface area (Å²) < 4.78 is 0.891. The van der Waals surface area contributed by atoms with Crippen LogP contribution in [-0.4, -0.2) is 18.5 Å². The Morgan fingerprint density at radius 3 is 3.08 bits per heavy atom. The summed E-state index contributed by atoms with van der Waals surface area (Å²) in [6.07, 6.45) is 1.10. The Hall–Kier alpha value is -0.0900. The number of rotatable bonds is 1. The van der Waals surface area contributed by atoms with E-state index in [0.29, 0.717) is 6.54 Å². The van der Waals surface area contributed by atoms with E-state index in [-0.39, 0.29) is 0 Å². The van der Waals surface area contributed by atoms with Gasteiger partial charge in [0.1, 0.15) is 0 Å². The van der Waals surface area contributed by atoms with Crippen LogP contribution in [0.5, 0.6) is 0 Å². The van der Waals surface area contributed by atoms with E-state index in [0.717, 1.165) is 23.8 Å². The summed E-state index contributed by atoms with van der Waals surface area (Å²) in [6.45, 7) is 2.72. The lowest BCUT2D eigenvalue weighted by atomic mass is 10.0. The van der Waals surface area contributed by atoms with Gasteiger partial charge in [-0.2, -0.15) is 0 Å². The fourth-order valence-electron chi connectivity index (χ4n) is 1.77. The largest absolute Gasteiger partial charge is 0.326 e. The van der Waals surface area contributed by atoms with E-state index in [1.54, 1.807) is 11.3 Å². The molecule has 2 heterocycles. The van der Waals surface area contributed by atoms with E-state index in [1.807, 2.05) is 0 Å². The van der Waals surface area contributed by atoms with Crippen LogP contribution >= 0.6 is 22.9 Å². The molecule has 2 N–H and O–H groups in total. The summed E-state index contributed by atoms with van der Waals surface area (Å²) in [5, 5.41) is 0. The molecule has 0 saturated heterocycles. The first-order chi connectivity index (χ1) is 6.22. The van der Waals surface area contributed by atoms with Gasteiger partial charge in [0.05, 0.1) is 4.34 Å². The summed E-state index contributed by atoms with van der Waals surface area (Å²) in [4.78, 5) is 3.72. The van der Waals surface area contributed by atoms with Gasteiger partial charge in [0.25, 0.3) is 0 Å². The van der Waals surface area contributed by atoms with Crippen molar-refractivity contribution in [3.8, 4) is 0 Å². The third-order valence-electron chi connectivity index (χ3n) is 2.51. The van der Waals surface area contributed by atoms with Crippen LogP contribution in [0.3, 0.4) is 0 Å². The van der Waals surface area contributed by atoms with Crippen molar-refractivity contribution < 1.29 is 0 Å². The Kier molecular flexibility index (Phi) is 2.60. The van der Waals surface area contributed by atoms with Gasteiger partial charge in [-0.15, -0.1) is 11.3 Å². The van der Waals surface area contributed by atoms with Crippen LogP contribution in [0.25, 0.3) is 0 Å². The maximum Gasteiger partial charge on any atom is 0.0979 e. The summed E-state index contributed by atoms with van der Waals surface area (Å²) in [5.41, 5.74) is 8.25. The third-order valence-corrected chi connectivity index (χ3v) is 4.02. The number of nitrogens with two attached hydrogens (primary N) is 1. The zero-order chi connectivity index (χ0) is 9.42. The van der Waals surface area contributed by atoms with E-state index < -0.39 is 0 Å². The van der Waals surface area contributed by atoms with Crippen molar-refractivity contribution in [2.75, 3.05) is 13.6 Å². The molecule has 4 heteroatoms. The van der Waals surface area contributed by atoms with Gasteiger partial charge < -0.3 is 10.6 Å². The zero-order valence-electron chi connectivity index (χ0n) is 7.64. The number of thiophene rings is 1. The average molecular weight is 217 g/mol. The Morgan fingerprint density at radius 2 is 2.38 bits per heavy atom. The Labute approximate surface area is 87.3 Å². The maximum absolute atomic E-state index is 6.10. The molecule has 1 aliphatic heterocycles. The number of fused-ring (bicyclic) bond motifs is 1. The van der Waals surface area contributed by atoms with Gasteiger partial charge >= 0.3 is 0 Å². The number of hydrogen-bond donors (Lipinski definition) is 1. The first kappa shape index (κ1) is 9.46. The lowest BCUT2D eigenvalue weighted by Crippen LogP contribution is -2.25. The van der Waals surface area contributed by atoms with Crippen LogP contribution in [0.15, 0.2) is 0 Å². The Balaban J connectivity index is 2.41. The molecule has 0 aliphatic carbocycles. The monoisotopic (exact) mass is 216 g/mol. The maximum atomic E-state index is 6.10. The highest BCUT2D eigenvalue weighted by Gasteiger charge is 2.20. The highest BCUT2D eigenvalue weighted by molar-refractivity contribution is 7.16. The summed E-state index contributed by atoms with van der Waals surface area (Å²) in [6, 6.07) is 0. The lowest BCUT2D eigenvalue weighted by molar-refractivity contribution is 0.316.